The highest BCUT2D eigenvalue weighted by Gasteiger charge is 2.20. The molecule has 2 N–H and O–H groups in total. The molecule has 0 aliphatic heterocycles. The number of hydrogen-bond acceptors (Lipinski definition) is 2. The van der Waals surface area contributed by atoms with Crippen LogP contribution in [0.3, 0.4) is 0 Å². The van der Waals surface area contributed by atoms with Crippen molar-refractivity contribution in [1.29, 1.82) is 0 Å². The summed E-state index contributed by atoms with van der Waals surface area (Å²) < 4.78 is 0. The zero-order valence-electron chi connectivity index (χ0n) is 18.4. The van der Waals surface area contributed by atoms with E-state index >= 15 is 0 Å². The highest BCUT2D eigenvalue weighted by atomic mass is 16.4. The van der Waals surface area contributed by atoms with Gasteiger partial charge < -0.3 is 10.2 Å². The molecule has 0 radical (unpaired) electrons. The van der Waals surface area contributed by atoms with Crippen molar-refractivity contribution in [2.75, 3.05) is 0 Å². The second kappa shape index (κ2) is 20.7. The SMILES string of the molecule is CCCCCCCCCCCCCCCCCCCCC(CC(=O)O)C(=O)O. The van der Waals surface area contributed by atoms with E-state index in [0.717, 1.165) is 19.3 Å². The number of rotatable bonds is 22. The maximum atomic E-state index is 11.0. The van der Waals surface area contributed by atoms with Crippen LogP contribution in [0.25, 0.3) is 0 Å². The van der Waals surface area contributed by atoms with Gasteiger partial charge in [-0.2, -0.15) is 0 Å². The molecule has 0 aromatic carbocycles. The molecule has 0 rings (SSSR count). The lowest BCUT2D eigenvalue weighted by Gasteiger charge is -2.09. The summed E-state index contributed by atoms with van der Waals surface area (Å²) in [5.74, 6) is -2.72. The summed E-state index contributed by atoms with van der Waals surface area (Å²) in [7, 11) is 0. The van der Waals surface area contributed by atoms with Crippen molar-refractivity contribution in [2.45, 2.75) is 135 Å². The monoisotopic (exact) mass is 398 g/mol. The Morgan fingerprint density at radius 1 is 0.571 bits per heavy atom. The van der Waals surface area contributed by atoms with Crippen LogP contribution in [0, 0.1) is 5.92 Å². The summed E-state index contributed by atoms with van der Waals surface area (Å²) in [6.45, 7) is 2.27. The van der Waals surface area contributed by atoms with Crippen LogP contribution in [0.4, 0.5) is 0 Å². The van der Waals surface area contributed by atoms with Crippen LogP contribution >= 0.6 is 0 Å². The van der Waals surface area contributed by atoms with Gasteiger partial charge in [0.15, 0.2) is 0 Å². The largest absolute Gasteiger partial charge is 0.481 e. The molecule has 28 heavy (non-hydrogen) atoms. The third-order valence-corrected chi connectivity index (χ3v) is 5.68. The van der Waals surface area contributed by atoms with Gasteiger partial charge >= 0.3 is 11.9 Å². The molecular formula is C24H46O4. The zero-order valence-corrected chi connectivity index (χ0v) is 18.4. The Morgan fingerprint density at radius 3 is 1.18 bits per heavy atom. The molecule has 4 heteroatoms. The van der Waals surface area contributed by atoms with Crippen molar-refractivity contribution >= 4 is 11.9 Å². The average Bonchev–Trinajstić information content (AvgIpc) is 2.65. The molecule has 0 aliphatic carbocycles. The third-order valence-electron chi connectivity index (χ3n) is 5.68. The standard InChI is InChI=1S/C24H46O4/c1-2-3-4-5-6-7-8-9-10-11-12-13-14-15-16-17-18-19-20-22(24(27)28)21-23(25)26/h22H,2-21H2,1H3,(H,25,26)(H,27,28). The number of hydrogen-bond donors (Lipinski definition) is 2. The van der Waals surface area contributed by atoms with Crippen molar-refractivity contribution in [3.63, 3.8) is 0 Å². The topological polar surface area (TPSA) is 74.6 Å². The first kappa shape index (κ1) is 26.9. The molecule has 166 valence electrons. The lowest BCUT2D eigenvalue weighted by molar-refractivity contribution is -0.148. The summed E-state index contributed by atoms with van der Waals surface area (Å²) in [4.78, 5) is 21.6. The summed E-state index contributed by atoms with van der Waals surface area (Å²) >= 11 is 0. The normalized spacial score (nSPS) is 12.2. The Morgan fingerprint density at radius 2 is 0.893 bits per heavy atom. The molecule has 0 saturated heterocycles. The first-order valence-electron chi connectivity index (χ1n) is 12.0. The predicted octanol–water partition coefficient (Wildman–Crippen LogP) is 7.59. The molecule has 0 aromatic heterocycles. The fourth-order valence-corrected chi connectivity index (χ4v) is 3.82. The number of carbonyl (C=O) groups is 2. The van der Waals surface area contributed by atoms with E-state index in [1.54, 1.807) is 0 Å². The van der Waals surface area contributed by atoms with Gasteiger partial charge in [0.2, 0.25) is 0 Å². The predicted molar refractivity (Wildman–Crippen MR) is 117 cm³/mol. The Hall–Kier alpha value is -1.06. The highest BCUT2D eigenvalue weighted by Crippen LogP contribution is 2.17. The van der Waals surface area contributed by atoms with E-state index in [0.29, 0.717) is 6.42 Å². The summed E-state index contributed by atoms with van der Waals surface area (Å²) in [6.07, 6.45) is 23.8. The molecule has 0 fully saturated rings. The lowest BCUT2D eigenvalue weighted by atomic mass is 9.97. The summed E-state index contributed by atoms with van der Waals surface area (Å²) in [5, 5.41) is 17.7. The molecule has 0 aromatic rings. The first-order valence-corrected chi connectivity index (χ1v) is 12.0. The van der Waals surface area contributed by atoms with Crippen LogP contribution in [0.2, 0.25) is 0 Å². The van der Waals surface area contributed by atoms with Gasteiger partial charge in [0.25, 0.3) is 0 Å². The van der Waals surface area contributed by atoms with Crippen molar-refractivity contribution in [3.05, 3.63) is 0 Å². The van der Waals surface area contributed by atoms with Crippen molar-refractivity contribution in [1.82, 2.24) is 0 Å². The van der Waals surface area contributed by atoms with E-state index in [4.69, 9.17) is 10.2 Å². The fraction of sp³-hybridized carbons (Fsp3) is 0.917. The van der Waals surface area contributed by atoms with E-state index < -0.39 is 17.9 Å². The van der Waals surface area contributed by atoms with Crippen molar-refractivity contribution in [2.24, 2.45) is 5.92 Å². The van der Waals surface area contributed by atoms with E-state index in [2.05, 4.69) is 6.92 Å². The second-order valence-electron chi connectivity index (χ2n) is 8.43. The molecule has 0 bridgehead atoms. The van der Waals surface area contributed by atoms with Gasteiger partial charge in [-0.25, -0.2) is 0 Å². The highest BCUT2D eigenvalue weighted by molar-refractivity contribution is 5.77. The molecule has 4 nitrogen and oxygen atoms in total. The van der Waals surface area contributed by atoms with Crippen LogP contribution < -0.4 is 0 Å². The number of carboxylic acid groups (broad SMARTS) is 2. The van der Waals surface area contributed by atoms with Crippen molar-refractivity contribution in [3.8, 4) is 0 Å². The van der Waals surface area contributed by atoms with Gasteiger partial charge in [-0.3, -0.25) is 9.59 Å². The van der Waals surface area contributed by atoms with Gasteiger partial charge in [0, 0.05) is 0 Å². The average molecular weight is 399 g/mol. The maximum Gasteiger partial charge on any atom is 0.307 e. The minimum atomic E-state index is -1.02. The molecule has 1 atom stereocenters. The molecule has 1 unspecified atom stereocenters. The molecular weight excluding hydrogens is 352 g/mol. The molecule has 0 saturated carbocycles. The first-order chi connectivity index (χ1) is 13.6. The van der Waals surface area contributed by atoms with E-state index in [-0.39, 0.29) is 6.42 Å². The quantitative estimate of drug-likeness (QED) is 0.184. The van der Waals surface area contributed by atoms with Crippen molar-refractivity contribution < 1.29 is 19.8 Å². The number of unbranched alkanes of at least 4 members (excludes halogenated alkanes) is 17. The van der Waals surface area contributed by atoms with Gasteiger partial charge in [-0.05, 0) is 6.42 Å². The van der Waals surface area contributed by atoms with E-state index in [1.807, 2.05) is 0 Å². The third kappa shape index (κ3) is 19.7. The fourth-order valence-electron chi connectivity index (χ4n) is 3.82. The Balaban J connectivity index is 3.23. The molecule has 0 heterocycles. The van der Waals surface area contributed by atoms with Crippen LogP contribution in [0.5, 0.6) is 0 Å². The molecule has 0 aliphatic rings. The minimum Gasteiger partial charge on any atom is -0.481 e. The maximum absolute atomic E-state index is 11.0. The smallest absolute Gasteiger partial charge is 0.307 e. The number of aliphatic carboxylic acids is 2. The summed E-state index contributed by atoms with van der Waals surface area (Å²) in [5.41, 5.74) is 0. The molecule has 0 spiro atoms. The Labute approximate surface area is 173 Å². The van der Waals surface area contributed by atoms with Gasteiger partial charge in [0.05, 0.1) is 12.3 Å². The lowest BCUT2D eigenvalue weighted by Crippen LogP contribution is -2.17. The van der Waals surface area contributed by atoms with E-state index in [1.165, 1.54) is 96.3 Å². The molecule has 0 amide bonds. The Kier molecular flexibility index (Phi) is 19.9. The minimum absolute atomic E-state index is 0.256. The zero-order chi connectivity index (χ0) is 20.9. The van der Waals surface area contributed by atoms with Gasteiger partial charge in [-0.1, -0.05) is 122 Å². The van der Waals surface area contributed by atoms with Gasteiger partial charge in [-0.15, -0.1) is 0 Å². The Bertz CT molecular complexity index is 368. The van der Waals surface area contributed by atoms with Gasteiger partial charge in [0.1, 0.15) is 0 Å². The van der Waals surface area contributed by atoms with Crippen LogP contribution in [-0.4, -0.2) is 22.2 Å². The van der Waals surface area contributed by atoms with Crippen LogP contribution in [-0.2, 0) is 9.59 Å². The van der Waals surface area contributed by atoms with Crippen LogP contribution in [0.1, 0.15) is 135 Å². The second-order valence-corrected chi connectivity index (χ2v) is 8.43. The summed E-state index contributed by atoms with van der Waals surface area (Å²) in [6, 6.07) is 0. The van der Waals surface area contributed by atoms with E-state index in [9.17, 15) is 9.59 Å². The number of carboxylic acids is 2. The van der Waals surface area contributed by atoms with Crippen LogP contribution in [0.15, 0.2) is 0 Å².